The minimum Gasteiger partial charge on any atom is -0.494 e. The van der Waals surface area contributed by atoms with Crippen LogP contribution in [0.25, 0.3) is 0 Å². The molecule has 1 aromatic rings. The minimum atomic E-state index is 0.0259. The Labute approximate surface area is 161 Å². The number of nitrogens with zero attached hydrogens (tertiary/aromatic N) is 1. The zero-order valence-corrected chi connectivity index (χ0v) is 16.6. The molecule has 2 rings (SSSR count). The fourth-order valence-electron chi connectivity index (χ4n) is 3.07. The quantitative estimate of drug-likeness (QED) is 0.735. The van der Waals surface area contributed by atoms with Crippen LogP contribution in [0.15, 0.2) is 18.2 Å². The van der Waals surface area contributed by atoms with E-state index in [1.807, 2.05) is 43.9 Å². The maximum Gasteiger partial charge on any atom is 0.223 e. The van der Waals surface area contributed by atoms with Gasteiger partial charge in [-0.15, -0.1) is 0 Å². The number of aryl methyl sites for hydroxylation is 1. The molecule has 0 aromatic heterocycles. The first-order chi connectivity index (χ1) is 12.4. The van der Waals surface area contributed by atoms with Gasteiger partial charge in [-0.05, 0) is 63.8 Å². The van der Waals surface area contributed by atoms with E-state index >= 15 is 0 Å². The molecule has 1 aliphatic rings. The lowest BCUT2D eigenvalue weighted by Gasteiger charge is -2.31. The maximum absolute atomic E-state index is 12.3. The Hall–Kier alpha value is -1.75. The van der Waals surface area contributed by atoms with Crippen molar-refractivity contribution in [1.82, 2.24) is 10.2 Å². The van der Waals surface area contributed by atoms with Crippen molar-refractivity contribution >= 4 is 23.4 Å². The lowest BCUT2D eigenvalue weighted by Crippen LogP contribution is -2.44. The molecule has 1 N–H and O–H groups in total. The number of hydrogen-bond acceptors (Lipinski definition) is 3. The van der Waals surface area contributed by atoms with Crippen LogP contribution < -0.4 is 10.1 Å². The minimum absolute atomic E-state index is 0.0259. The molecule has 0 spiro atoms. The standard InChI is InChI=1S/C20H29ClN2O3/c1-14(2)22-20(25)16-8-10-23(11-9-16)19(24)5-4-12-26-17-6-7-18(21)15(3)13-17/h6-7,13-14,16H,4-5,8-12H2,1-3H3,(H,22,25). The third-order valence-corrected chi connectivity index (χ3v) is 5.01. The number of ether oxygens (including phenoxy) is 1. The van der Waals surface area contributed by atoms with Gasteiger partial charge in [0, 0.05) is 36.5 Å². The average Bonchev–Trinajstić information content (AvgIpc) is 2.61. The van der Waals surface area contributed by atoms with E-state index in [0.717, 1.165) is 29.2 Å². The normalized spacial score (nSPS) is 15.2. The molecule has 0 radical (unpaired) electrons. The van der Waals surface area contributed by atoms with Crippen LogP contribution in [0.3, 0.4) is 0 Å². The number of nitrogens with one attached hydrogen (secondary N) is 1. The number of carbonyl (C=O) groups is 2. The molecule has 0 aliphatic carbocycles. The number of likely N-dealkylation sites (tertiary alicyclic amines) is 1. The van der Waals surface area contributed by atoms with Crippen LogP contribution >= 0.6 is 11.6 Å². The third-order valence-electron chi connectivity index (χ3n) is 4.58. The molecule has 0 atom stereocenters. The van der Waals surface area contributed by atoms with Gasteiger partial charge in [-0.2, -0.15) is 0 Å². The first kappa shape index (κ1) is 20.6. The summed E-state index contributed by atoms with van der Waals surface area (Å²) < 4.78 is 5.68. The van der Waals surface area contributed by atoms with E-state index in [1.165, 1.54) is 0 Å². The predicted molar refractivity (Wildman–Crippen MR) is 104 cm³/mol. The van der Waals surface area contributed by atoms with Crippen molar-refractivity contribution in [2.24, 2.45) is 5.92 Å². The Kier molecular flexibility index (Phi) is 7.76. The summed E-state index contributed by atoms with van der Waals surface area (Å²) in [7, 11) is 0. The molecule has 1 aromatic carbocycles. The fraction of sp³-hybridized carbons (Fsp3) is 0.600. The van der Waals surface area contributed by atoms with E-state index in [9.17, 15) is 9.59 Å². The van der Waals surface area contributed by atoms with Gasteiger partial charge in [0.25, 0.3) is 0 Å². The molecule has 26 heavy (non-hydrogen) atoms. The van der Waals surface area contributed by atoms with Crippen LogP contribution in [0.4, 0.5) is 0 Å². The number of rotatable bonds is 7. The molecular weight excluding hydrogens is 352 g/mol. The molecule has 5 nitrogen and oxygen atoms in total. The summed E-state index contributed by atoms with van der Waals surface area (Å²) in [4.78, 5) is 26.2. The van der Waals surface area contributed by atoms with Crippen molar-refractivity contribution in [2.45, 2.75) is 52.5 Å². The summed E-state index contributed by atoms with van der Waals surface area (Å²) in [5, 5.41) is 3.67. The van der Waals surface area contributed by atoms with E-state index < -0.39 is 0 Å². The largest absolute Gasteiger partial charge is 0.494 e. The molecule has 0 unspecified atom stereocenters. The molecule has 1 saturated heterocycles. The van der Waals surface area contributed by atoms with Crippen molar-refractivity contribution in [3.05, 3.63) is 28.8 Å². The Bertz CT molecular complexity index is 625. The summed E-state index contributed by atoms with van der Waals surface area (Å²) >= 11 is 5.99. The van der Waals surface area contributed by atoms with Crippen LogP contribution in [-0.4, -0.2) is 42.5 Å². The highest BCUT2D eigenvalue weighted by Crippen LogP contribution is 2.21. The molecule has 144 valence electrons. The SMILES string of the molecule is Cc1cc(OCCCC(=O)N2CCC(C(=O)NC(C)C)CC2)ccc1Cl. The number of halogens is 1. The van der Waals surface area contributed by atoms with E-state index in [-0.39, 0.29) is 23.8 Å². The first-order valence-corrected chi connectivity index (χ1v) is 9.71. The van der Waals surface area contributed by atoms with Gasteiger partial charge >= 0.3 is 0 Å². The summed E-state index contributed by atoms with van der Waals surface area (Å²) in [6.07, 6.45) is 2.62. The van der Waals surface area contributed by atoms with Crippen molar-refractivity contribution in [3.8, 4) is 5.75 Å². The van der Waals surface area contributed by atoms with Crippen molar-refractivity contribution in [2.75, 3.05) is 19.7 Å². The Balaban J connectivity index is 1.66. The maximum atomic E-state index is 12.3. The van der Waals surface area contributed by atoms with Crippen molar-refractivity contribution in [1.29, 1.82) is 0 Å². The number of benzene rings is 1. The first-order valence-electron chi connectivity index (χ1n) is 9.34. The van der Waals surface area contributed by atoms with Gasteiger partial charge in [0.1, 0.15) is 5.75 Å². The summed E-state index contributed by atoms with van der Waals surface area (Å²) in [5.74, 6) is 1.05. The summed E-state index contributed by atoms with van der Waals surface area (Å²) in [6, 6.07) is 5.71. The van der Waals surface area contributed by atoms with Gasteiger partial charge in [0.15, 0.2) is 0 Å². The molecule has 0 saturated carbocycles. The smallest absolute Gasteiger partial charge is 0.223 e. The second-order valence-electron chi connectivity index (χ2n) is 7.18. The van der Waals surface area contributed by atoms with Gasteiger partial charge in [0.05, 0.1) is 6.61 Å². The highest BCUT2D eigenvalue weighted by molar-refractivity contribution is 6.31. The van der Waals surface area contributed by atoms with Gasteiger partial charge in [0.2, 0.25) is 11.8 Å². The lowest BCUT2D eigenvalue weighted by molar-refractivity contribution is -0.136. The van der Waals surface area contributed by atoms with E-state index in [4.69, 9.17) is 16.3 Å². The average molecular weight is 381 g/mol. The number of piperidine rings is 1. The highest BCUT2D eigenvalue weighted by atomic mass is 35.5. The zero-order valence-electron chi connectivity index (χ0n) is 15.9. The predicted octanol–water partition coefficient (Wildman–Crippen LogP) is 3.57. The monoisotopic (exact) mass is 380 g/mol. The molecular formula is C20H29ClN2O3. The molecule has 2 amide bonds. The lowest BCUT2D eigenvalue weighted by atomic mass is 9.95. The number of carbonyl (C=O) groups excluding carboxylic acids is 2. The third kappa shape index (κ3) is 6.20. The number of hydrogen-bond donors (Lipinski definition) is 1. The Morgan fingerprint density at radius 2 is 2.00 bits per heavy atom. The van der Waals surface area contributed by atoms with Gasteiger partial charge in [-0.25, -0.2) is 0 Å². The van der Waals surface area contributed by atoms with E-state index in [1.54, 1.807) is 0 Å². The Morgan fingerprint density at radius 1 is 1.31 bits per heavy atom. The van der Waals surface area contributed by atoms with Crippen LogP contribution in [0.5, 0.6) is 5.75 Å². The van der Waals surface area contributed by atoms with Crippen LogP contribution in [0, 0.1) is 12.8 Å². The second-order valence-corrected chi connectivity index (χ2v) is 7.59. The molecule has 1 aliphatic heterocycles. The zero-order chi connectivity index (χ0) is 19.1. The van der Waals surface area contributed by atoms with Gasteiger partial charge in [-0.3, -0.25) is 9.59 Å². The second kappa shape index (κ2) is 9.81. The highest BCUT2D eigenvalue weighted by Gasteiger charge is 2.27. The van der Waals surface area contributed by atoms with Gasteiger partial charge in [-0.1, -0.05) is 11.6 Å². The van der Waals surface area contributed by atoms with E-state index in [0.29, 0.717) is 32.5 Å². The Morgan fingerprint density at radius 3 is 2.62 bits per heavy atom. The molecule has 6 heteroatoms. The van der Waals surface area contributed by atoms with Crippen LogP contribution in [0.2, 0.25) is 5.02 Å². The van der Waals surface area contributed by atoms with Crippen LogP contribution in [-0.2, 0) is 9.59 Å². The molecule has 0 bridgehead atoms. The van der Waals surface area contributed by atoms with Crippen LogP contribution in [0.1, 0.15) is 45.1 Å². The summed E-state index contributed by atoms with van der Waals surface area (Å²) in [6.45, 7) is 7.68. The molecule has 1 fully saturated rings. The molecule has 1 heterocycles. The number of amides is 2. The summed E-state index contributed by atoms with van der Waals surface area (Å²) in [5.41, 5.74) is 0.976. The topological polar surface area (TPSA) is 58.6 Å². The van der Waals surface area contributed by atoms with E-state index in [2.05, 4.69) is 5.32 Å². The van der Waals surface area contributed by atoms with Crippen molar-refractivity contribution < 1.29 is 14.3 Å². The van der Waals surface area contributed by atoms with Crippen molar-refractivity contribution in [3.63, 3.8) is 0 Å². The fourth-order valence-corrected chi connectivity index (χ4v) is 3.19. The van der Waals surface area contributed by atoms with Gasteiger partial charge < -0.3 is 15.0 Å².